The van der Waals surface area contributed by atoms with Gasteiger partial charge in [-0.25, -0.2) is 4.79 Å². The molecule has 0 bridgehead atoms. The number of aromatic nitrogens is 1. The number of nitrogens with one attached hydrogen (secondary N) is 1. The lowest BCUT2D eigenvalue weighted by Gasteiger charge is -2.35. The first kappa shape index (κ1) is 17.1. The van der Waals surface area contributed by atoms with Crippen molar-refractivity contribution in [2.75, 3.05) is 31.1 Å². The maximum Gasteiger partial charge on any atom is 0.410 e. The average molecular weight is 363 g/mol. The molecule has 2 heterocycles. The molecule has 6 heteroatoms. The van der Waals surface area contributed by atoms with Gasteiger partial charge < -0.3 is 19.5 Å². The van der Waals surface area contributed by atoms with Gasteiger partial charge in [0.15, 0.2) is 0 Å². The van der Waals surface area contributed by atoms with E-state index in [-0.39, 0.29) is 11.7 Å². The Hall–Kier alpha value is -3.28. The predicted octanol–water partition coefficient (Wildman–Crippen LogP) is 2.99. The Morgan fingerprint density at radius 3 is 2.56 bits per heavy atom. The van der Waals surface area contributed by atoms with E-state index in [1.165, 1.54) is 0 Å². The summed E-state index contributed by atoms with van der Waals surface area (Å²) in [5.74, 6) is 0. The number of anilines is 1. The lowest BCUT2D eigenvalue weighted by atomic mass is 10.1. The summed E-state index contributed by atoms with van der Waals surface area (Å²) < 4.78 is 5.41. The first-order chi connectivity index (χ1) is 13.2. The molecule has 1 N–H and O–H groups in total. The van der Waals surface area contributed by atoms with Crippen molar-refractivity contribution in [3.05, 3.63) is 76.7 Å². The summed E-state index contributed by atoms with van der Waals surface area (Å²) in [5, 5.41) is 1.60. The van der Waals surface area contributed by atoms with Crippen molar-refractivity contribution in [2.24, 2.45) is 0 Å². The fraction of sp³-hybridized carbons (Fsp3) is 0.238. The smallest absolute Gasteiger partial charge is 0.410 e. The third-order valence-electron chi connectivity index (χ3n) is 4.87. The van der Waals surface area contributed by atoms with Crippen LogP contribution < -0.4 is 10.5 Å². The number of fused-ring (bicyclic) bond motifs is 1. The Morgan fingerprint density at radius 1 is 1.00 bits per heavy atom. The van der Waals surface area contributed by atoms with Crippen molar-refractivity contribution < 1.29 is 9.53 Å². The van der Waals surface area contributed by atoms with Gasteiger partial charge >= 0.3 is 6.09 Å². The molecular formula is C21H21N3O3. The first-order valence-corrected chi connectivity index (χ1v) is 9.03. The highest BCUT2D eigenvalue weighted by Gasteiger charge is 2.22. The zero-order chi connectivity index (χ0) is 18.6. The number of rotatable bonds is 3. The van der Waals surface area contributed by atoms with Crippen LogP contribution in [-0.4, -0.2) is 42.2 Å². The topological polar surface area (TPSA) is 65.6 Å². The number of piperazine rings is 1. The minimum atomic E-state index is -0.274. The van der Waals surface area contributed by atoms with Gasteiger partial charge in [-0.05, 0) is 35.2 Å². The molecule has 1 fully saturated rings. The van der Waals surface area contributed by atoms with Crippen molar-refractivity contribution in [3.8, 4) is 0 Å². The monoisotopic (exact) mass is 363 g/mol. The van der Waals surface area contributed by atoms with E-state index in [1.807, 2.05) is 54.6 Å². The number of nitrogens with zero attached hydrogens (tertiary/aromatic N) is 2. The van der Waals surface area contributed by atoms with E-state index in [9.17, 15) is 9.59 Å². The van der Waals surface area contributed by atoms with Crippen LogP contribution in [0.4, 0.5) is 10.5 Å². The van der Waals surface area contributed by atoms with Crippen LogP contribution in [-0.2, 0) is 11.3 Å². The quantitative estimate of drug-likeness (QED) is 0.777. The van der Waals surface area contributed by atoms with Crippen molar-refractivity contribution in [2.45, 2.75) is 6.61 Å². The van der Waals surface area contributed by atoms with Gasteiger partial charge in [-0.15, -0.1) is 0 Å². The number of ether oxygens (including phenoxy) is 1. The summed E-state index contributed by atoms with van der Waals surface area (Å²) in [6.07, 6.45) is 1.39. The van der Waals surface area contributed by atoms with E-state index in [0.29, 0.717) is 25.1 Å². The molecule has 27 heavy (non-hydrogen) atoms. The Kier molecular flexibility index (Phi) is 4.78. The third-order valence-corrected chi connectivity index (χ3v) is 4.87. The largest absolute Gasteiger partial charge is 0.445 e. The average Bonchev–Trinajstić information content (AvgIpc) is 2.73. The maximum atomic E-state index is 12.3. The molecule has 1 aromatic heterocycles. The zero-order valence-corrected chi connectivity index (χ0v) is 14.9. The number of benzene rings is 2. The number of H-pyrrole nitrogens is 1. The van der Waals surface area contributed by atoms with Crippen molar-refractivity contribution in [1.82, 2.24) is 9.88 Å². The fourth-order valence-corrected chi connectivity index (χ4v) is 3.33. The number of hydrogen-bond donors (Lipinski definition) is 1. The number of amides is 1. The van der Waals surface area contributed by atoms with E-state index in [2.05, 4.69) is 9.88 Å². The summed E-state index contributed by atoms with van der Waals surface area (Å²) >= 11 is 0. The Bertz CT molecular complexity index is 992. The number of carbonyl (C=O) groups is 1. The number of pyridine rings is 1. The Balaban J connectivity index is 1.36. The summed E-state index contributed by atoms with van der Waals surface area (Å²) in [7, 11) is 0. The van der Waals surface area contributed by atoms with E-state index in [4.69, 9.17) is 4.74 Å². The summed E-state index contributed by atoms with van der Waals surface area (Å²) in [5.41, 5.74) is 1.96. The standard InChI is InChI=1S/C21H21N3O3/c25-20-19-7-6-18(14-17(19)8-9-22-20)23-10-12-24(13-11-23)21(26)27-15-16-4-2-1-3-5-16/h1-9,14H,10-13,15H2,(H,22,25). The van der Waals surface area contributed by atoms with Gasteiger partial charge in [0.25, 0.3) is 5.56 Å². The molecule has 6 nitrogen and oxygen atoms in total. The molecule has 1 saturated heterocycles. The van der Waals surface area contributed by atoms with E-state index < -0.39 is 0 Å². The first-order valence-electron chi connectivity index (χ1n) is 9.03. The van der Waals surface area contributed by atoms with Crippen molar-refractivity contribution in [1.29, 1.82) is 0 Å². The normalized spacial score (nSPS) is 14.4. The zero-order valence-electron chi connectivity index (χ0n) is 14.9. The molecular weight excluding hydrogens is 342 g/mol. The van der Waals surface area contributed by atoms with Crippen LogP contribution in [0.25, 0.3) is 10.8 Å². The predicted molar refractivity (Wildman–Crippen MR) is 105 cm³/mol. The molecule has 0 saturated carbocycles. The van der Waals surface area contributed by atoms with Crippen LogP contribution in [0.3, 0.4) is 0 Å². The Morgan fingerprint density at radius 2 is 1.78 bits per heavy atom. The molecule has 1 aliphatic rings. The number of carbonyl (C=O) groups excluding carboxylic acids is 1. The van der Waals surface area contributed by atoms with Crippen LogP contribution in [0.1, 0.15) is 5.56 Å². The highest BCUT2D eigenvalue weighted by atomic mass is 16.6. The molecule has 0 atom stereocenters. The minimum absolute atomic E-state index is 0.0787. The Labute approximate surface area is 157 Å². The fourth-order valence-electron chi connectivity index (χ4n) is 3.33. The molecule has 0 aliphatic carbocycles. The lowest BCUT2D eigenvalue weighted by Crippen LogP contribution is -2.48. The van der Waals surface area contributed by atoms with Crippen LogP contribution >= 0.6 is 0 Å². The van der Waals surface area contributed by atoms with Crippen molar-refractivity contribution in [3.63, 3.8) is 0 Å². The molecule has 3 aromatic rings. The van der Waals surface area contributed by atoms with Crippen molar-refractivity contribution >= 4 is 22.6 Å². The van der Waals surface area contributed by atoms with Gasteiger partial charge in [-0.3, -0.25) is 4.79 Å². The second-order valence-corrected chi connectivity index (χ2v) is 6.59. The van der Waals surface area contributed by atoms with E-state index in [0.717, 1.165) is 29.7 Å². The lowest BCUT2D eigenvalue weighted by molar-refractivity contribution is 0.0942. The molecule has 0 radical (unpaired) electrons. The number of hydrogen-bond acceptors (Lipinski definition) is 4. The van der Waals surface area contributed by atoms with Gasteiger partial charge in [0.1, 0.15) is 6.61 Å². The van der Waals surface area contributed by atoms with Gasteiger partial charge in [-0.1, -0.05) is 30.3 Å². The van der Waals surface area contributed by atoms with Crippen LogP contribution in [0.5, 0.6) is 0 Å². The van der Waals surface area contributed by atoms with E-state index >= 15 is 0 Å². The van der Waals surface area contributed by atoms with Gasteiger partial charge in [0, 0.05) is 43.4 Å². The second-order valence-electron chi connectivity index (χ2n) is 6.59. The summed E-state index contributed by atoms with van der Waals surface area (Å²) in [6.45, 7) is 2.98. The van der Waals surface area contributed by atoms with Crippen LogP contribution in [0.15, 0.2) is 65.6 Å². The third kappa shape index (κ3) is 3.79. The maximum absolute atomic E-state index is 12.3. The second kappa shape index (κ2) is 7.53. The molecule has 0 unspecified atom stereocenters. The summed E-state index contributed by atoms with van der Waals surface area (Å²) in [6, 6.07) is 17.4. The molecule has 138 valence electrons. The minimum Gasteiger partial charge on any atom is -0.445 e. The SMILES string of the molecule is O=C(OCc1ccccc1)N1CCN(c2ccc3c(=O)[nH]ccc3c2)CC1. The molecule has 1 amide bonds. The van der Waals surface area contributed by atoms with Gasteiger partial charge in [-0.2, -0.15) is 0 Å². The van der Waals surface area contributed by atoms with Gasteiger partial charge in [0.05, 0.1) is 0 Å². The van der Waals surface area contributed by atoms with Crippen LogP contribution in [0, 0.1) is 0 Å². The summed E-state index contributed by atoms with van der Waals surface area (Å²) in [4.78, 5) is 30.7. The highest BCUT2D eigenvalue weighted by molar-refractivity contribution is 5.85. The molecule has 2 aromatic carbocycles. The molecule has 4 rings (SSSR count). The number of aromatic amines is 1. The highest BCUT2D eigenvalue weighted by Crippen LogP contribution is 2.21. The van der Waals surface area contributed by atoms with Gasteiger partial charge in [0.2, 0.25) is 0 Å². The molecule has 0 spiro atoms. The molecule has 1 aliphatic heterocycles. The van der Waals surface area contributed by atoms with Crippen LogP contribution in [0.2, 0.25) is 0 Å². The van der Waals surface area contributed by atoms with E-state index in [1.54, 1.807) is 11.1 Å².